The molecule has 0 radical (unpaired) electrons. The highest BCUT2D eigenvalue weighted by molar-refractivity contribution is 6.33. The Hall–Kier alpha value is -4.98. The Bertz CT molecular complexity index is 2110. The first-order chi connectivity index (χ1) is 31.7. The summed E-state index contributed by atoms with van der Waals surface area (Å²) in [7, 11) is 5.63. The number of nitrogens with one attached hydrogen (secondary N) is 3. The maximum Gasteiger partial charge on any atom is 0.415 e. The summed E-state index contributed by atoms with van der Waals surface area (Å²) in [5.41, 5.74) is 0.342. The van der Waals surface area contributed by atoms with E-state index in [0.29, 0.717) is 56.1 Å². The molecule has 3 aliphatic carbocycles. The van der Waals surface area contributed by atoms with Crippen molar-refractivity contribution in [2.75, 3.05) is 57.1 Å². The lowest BCUT2D eigenvalue weighted by molar-refractivity contribution is -0.384. The Morgan fingerprint density at radius 2 is 1.21 bits per heavy atom. The van der Waals surface area contributed by atoms with Gasteiger partial charge in [-0.05, 0) is 64.1 Å². The molecular formula is C45H66Cl2N10O9. The van der Waals surface area contributed by atoms with Crippen LogP contribution in [0, 0.1) is 10.1 Å². The second kappa shape index (κ2) is 26.4. The Balaban J connectivity index is 0.000000175. The summed E-state index contributed by atoms with van der Waals surface area (Å²) in [5.74, 6) is 0.322. The number of aromatic nitrogens is 4. The van der Waals surface area contributed by atoms with Gasteiger partial charge >= 0.3 is 12.2 Å². The van der Waals surface area contributed by atoms with Crippen LogP contribution in [0.1, 0.15) is 109 Å². The maximum absolute atomic E-state index is 12.4. The Kier molecular flexibility index (Phi) is 20.8. The highest BCUT2D eigenvalue weighted by atomic mass is 35.5. The molecular weight excluding hydrogens is 895 g/mol. The molecule has 5 fully saturated rings. The van der Waals surface area contributed by atoms with Crippen LogP contribution >= 0.6 is 23.2 Å². The fourth-order valence-corrected chi connectivity index (χ4v) is 9.27. The molecule has 21 heteroatoms. The average Bonchev–Trinajstić information content (AvgIpc) is 4.00. The van der Waals surface area contributed by atoms with Crippen LogP contribution in [-0.2, 0) is 4.74 Å². The first kappa shape index (κ1) is 52.0. The number of carbonyl (C=O) groups excluding carboxylic acids is 2. The van der Waals surface area contributed by atoms with E-state index in [2.05, 4.69) is 32.8 Å². The molecule has 4 heterocycles. The molecule has 4 N–H and O–H groups in total. The number of nitro groups is 1. The zero-order valence-electron chi connectivity index (χ0n) is 38.3. The highest BCUT2D eigenvalue weighted by Gasteiger charge is 2.31. The molecule has 2 aromatic heterocycles. The number of amides is 2. The predicted octanol–water partition coefficient (Wildman–Crippen LogP) is 7.29. The number of aliphatic hydroxyl groups excluding tert-OH is 1. The van der Waals surface area contributed by atoms with E-state index in [-0.39, 0.29) is 46.1 Å². The summed E-state index contributed by atoms with van der Waals surface area (Å²) in [6.45, 7) is 2.40. The van der Waals surface area contributed by atoms with Gasteiger partial charge < -0.3 is 39.5 Å². The zero-order valence-corrected chi connectivity index (χ0v) is 39.8. The zero-order chi connectivity index (χ0) is 47.6. The van der Waals surface area contributed by atoms with Crippen molar-refractivity contribution >= 4 is 52.5 Å². The topological polar surface area (TPSA) is 232 Å². The number of nitrogens with zero attached hydrogens (tertiary/aromatic N) is 7. The average molecular weight is 962 g/mol. The molecule has 19 nitrogen and oxygen atoms in total. The number of aliphatic hydroxyl groups is 1. The number of nitro benzene ring substituents is 1. The van der Waals surface area contributed by atoms with Crippen LogP contribution in [0.15, 0.2) is 46.2 Å². The molecule has 0 bridgehead atoms. The molecule has 2 atom stereocenters. The standard InChI is InChI=1S/C16H23ClN4O3.C14H18N2O4.C8H10ClN3O2.C7H15N/c1-20(11-5-3-2-4-6-11)16(23)24-12-7-8-21(10-12)13-9-18-19-15(22)14(13)17;1-15(11-5-3-2-4-6-11)14(17)20-13-9-7-12(8-10-13)16(18)19;9-7-6(3-10-11-8(7)14)12-2-1-5(13)4-12;1-8-7-5-3-2-4-6-7/h9,11-12H,2-8,10H2,1H3,(H,19,22);7-11H,2-6H2,1H3;3,5,13H,1-2,4H2,(H,11,14);7-8H,2-6H2,1H3/t12-;;5-;/m1.1./s1. The molecule has 0 spiro atoms. The van der Waals surface area contributed by atoms with Crippen LogP contribution in [0.5, 0.6) is 5.75 Å². The van der Waals surface area contributed by atoms with Crippen LogP contribution in [0.2, 0.25) is 10.0 Å². The summed E-state index contributed by atoms with van der Waals surface area (Å²) < 4.78 is 10.9. The number of hydrogen-bond donors (Lipinski definition) is 4. The van der Waals surface area contributed by atoms with Gasteiger partial charge in [-0.25, -0.2) is 19.8 Å². The van der Waals surface area contributed by atoms with E-state index >= 15 is 0 Å². The molecule has 0 unspecified atom stereocenters. The lowest BCUT2D eigenvalue weighted by Gasteiger charge is -2.31. The van der Waals surface area contributed by atoms with Gasteiger partial charge in [-0.15, -0.1) is 0 Å². The molecule has 5 aliphatic rings. The lowest BCUT2D eigenvalue weighted by atomic mass is 9.95. The number of rotatable bonds is 8. The molecule has 1 aromatic carbocycles. The van der Waals surface area contributed by atoms with Gasteiger partial charge in [-0.3, -0.25) is 19.7 Å². The molecule has 8 rings (SSSR count). The fourth-order valence-electron chi connectivity index (χ4n) is 8.85. The summed E-state index contributed by atoms with van der Waals surface area (Å²) in [6, 6.07) is 6.87. The van der Waals surface area contributed by atoms with E-state index in [1.165, 1.54) is 94.4 Å². The third-order valence-corrected chi connectivity index (χ3v) is 13.6. The highest BCUT2D eigenvalue weighted by Crippen LogP contribution is 2.28. The summed E-state index contributed by atoms with van der Waals surface area (Å²) >= 11 is 11.9. The van der Waals surface area contributed by atoms with Crippen LogP contribution in [0.25, 0.3) is 0 Å². The second-order valence-corrected chi connectivity index (χ2v) is 18.2. The van der Waals surface area contributed by atoms with E-state index in [1.54, 1.807) is 16.8 Å². The number of H-pyrrole nitrogens is 2. The van der Waals surface area contributed by atoms with Gasteiger partial charge in [0.15, 0.2) is 0 Å². The van der Waals surface area contributed by atoms with Crippen LogP contribution in [0.3, 0.4) is 0 Å². The van der Waals surface area contributed by atoms with Crippen LogP contribution in [0.4, 0.5) is 26.7 Å². The smallest absolute Gasteiger partial charge is 0.415 e. The number of anilines is 2. The fraction of sp³-hybridized carbons (Fsp3) is 0.644. The largest absolute Gasteiger partial charge is 0.444 e. The lowest BCUT2D eigenvalue weighted by Crippen LogP contribution is -2.40. The Labute approximate surface area is 395 Å². The van der Waals surface area contributed by atoms with Gasteiger partial charge in [0, 0.05) is 70.4 Å². The first-order valence-electron chi connectivity index (χ1n) is 23.2. The minimum absolute atomic E-state index is 0.0227. The molecule has 3 saturated carbocycles. The monoisotopic (exact) mass is 960 g/mol. The van der Waals surface area contributed by atoms with Crippen LogP contribution < -0.4 is 31.0 Å². The van der Waals surface area contributed by atoms with Crippen molar-refractivity contribution in [1.82, 2.24) is 35.5 Å². The normalized spacial score (nSPS) is 20.1. The number of carbonyl (C=O) groups is 2. The van der Waals surface area contributed by atoms with Crippen molar-refractivity contribution in [3.8, 4) is 5.75 Å². The van der Waals surface area contributed by atoms with E-state index < -0.39 is 22.1 Å². The van der Waals surface area contributed by atoms with Crippen molar-refractivity contribution in [3.63, 3.8) is 0 Å². The SMILES string of the molecule is CN(C(=O)O[C@@H]1CCN(c2cn[nH]c(=O)c2Cl)C1)C1CCCCC1.CN(C(=O)Oc1ccc([N+](=O)[O-])cc1)C1CCCCC1.CNC1CCCCC1.O=c1[nH]ncc(N2CC[C@@H](O)C2)c1Cl. The number of hydrogen-bond acceptors (Lipinski definition) is 14. The third kappa shape index (κ3) is 15.6. The Morgan fingerprint density at radius 1 is 0.742 bits per heavy atom. The maximum atomic E-state index is 12.4. The number of ether oxygens (including phenoxy) is 2. The first-order valence-corrected chi connectivity index (χ1v) is 23.9. The molecule has 2 saturated heterocycles. The molecule has 66 heavy (non-hydrogen) atoms. The molecule has 2 aliphatic heterocycles. The van der Waals surface area contributed by atoms with E-state index in [9.17, 15) is 34.4 Å². The van der Waals surface area contributed by atoms with Crippen molar-refractivity contribution < 1.29 is 29.1 Å². The van der Waals surface area contributed by atoms with Crippen molar-refractivity contribution in [3.05, 3.63) is 77.5 Å². The van der Waals surface area contributed by atoms with Crippen molar-refractivity contribution in [2.45, 2.75) is 139 Å². The number of non-ortho nitro benzene ring substituents is 1. The molecule has 3 aromatic rings. The summed E-state index contributed by atoms with van der Waals surface area (Å²) in [4.78, 5) is 64.3. The van der Waals surface area contributed by atoms with Gasteiger partial charge in [0.2, 0.25) is 0 Å². The minimum Gasteiger partial charge on any atom is -0.444 e. The van der Waals surface area contributed by atoms with E-state index in [0.717, 1.165) is 44.6 Å². The van der Waals surface area contributed by atoms with Gasteiger partial charge in [0.1, 0.15) is 21.9 Å². The van der Waals surface area contributed by atoms with Crippen LogP contribution in [-0.4, -0.2) is 130 Å². The van der Waals surface area contributed by atoms with Gasteiger partial charge in [-0.1, -0.05) is 81.0 Å². The number of aromatic amines is 2. The molecule has 2 amide bonds. The minimum atomic E-state index is -0.486. The van der Waals surface area contributed by atoms with Gasteiger partial charge in [0.05, 0.1) is 41.3 Å². The third-order valence-electron chi connectivity index (χ3n) is 12.9. The van der Waals surface area contributed by atoms with Crippen molar-refractivity contribution in [1.29, 1.82) is 0 Å². The second-order valence-electron chi connectivity index (χ2n) is 17.5. The summed E-state index contributed by atoms with van der Waals surface area (Å²) in [5, 5.41) is 35.4. The van der Waals surface area contributed by atoms with Gasteiger partial charge in [-0.2, -0.15) is 10.2 Å². The number of β-amino-alcohol motifs (C(OH)–C–C–N with tert-alkyl or cyclic N) is 1. The number of benzene rings is 1. The quantitative estimate of drug-likeness (QED) is 0.128. The van der Waals surface area contributed by atoms with Crippen molar-refractivity contribution in [2.24, 2.45) is 0 Å². The van der Waals surface area contributed by atoms with Gasteiger partial charge in [0.25, 0.3) is 16.8 Å². The predicted molar refractivity (Wildman–Crippen MR) is 254 cm³/mol. The molecule has 364 valence electrons. The summed E-state index contributed by atoms with van der Waals surface area (Å²) in [6.07, 6.45) is 21.6. The van der Waals surface area contributed by atoms with E-state index in [1.807, 2.05) is 16.8 Å². The number of halogens is 2. The van der Waals surface area contributed by atoms with E-state index in [4.69, 9.17) is 32.7 Å². The Morgan fingerprint density at radius 3 is 1.67 bits per heavy atom.